The second-order valence-corrected chi connectivity index (χ2v) is 14.9. The van der Waals surface area contributed by atoms with Gasteiger partial charge in [-0.05, 0) is 116 Å². The van der Waals surface area contributed by atoms with Crippen LogP contribution < -0.4 is 11.2 Å². The van der Waals surface area contributed by atoms with Gasteiger partial charge in [0.25, 0.3) is 5.91 Å². The molecule has 1 amide bonds. The van der Waals surface area contributed by atoms with E-state index in [2.05, 4.69) is 48.1 Å². The molecule has 5 aliphatic carbocycles. The van der Waals surface area contributed by atoms with E-state index in [4.69, 9.17) is 5.73 Å². The summed E-state index contributed by atoms with van der Waals surface area (Å²) in [5.41, 5.74) is 9.89. The maximum absolute atomic E-state index is 13.3. The molecule has 0 aromatic rings. The Morgan fingerprint density at radius 3 is 2.26 bits per heavy atom. The van der Waals surface area contributed by atoms with Crippen LogP contribution in [-0.2, 0) is 4.79 Å². The van der Waals surface area contributed by atoms with Crippen molar-refractivity contribution >= 4 is 5.91 Å². The van der Waals surface area contributed by atoms with E-state index in [0.29, 0.717) is 17.8 Å². The van der Waals surface area contributed by atoms with Crippen molar-refractivity contribution in [2.45, 2.75) is 111 Å². The van der Waals surface area contributed by atoms with Gasteiger partial charge in [-0.25, -0.2) is 5.48 Å². The van der Waals surface area contributed by atoms with E-state index in [1.165, 1.54) is 6.42 Å². The van der Waals surface area contributed by atoms with E-state index in [-0.39, 0.29) is 51.5 Å². The first-order valence-corrected chi connectivity index (χ1v) is 14.3. The smallest absolute Gasteiger partial charge is 0.251 e. The van der Waals surface area contributed by atoms with Crippen molar-refractivity contribution in [2.24, 2.45) is 62.4 Å². The Labute approximate surface area is 212 Å². The van der Waals surface area contributed by atoms with Crippen LogP contribution in [0.3, 0.4) is 0 Å². The number of hydroxylamine groups is 1. The molecule has 5 aliphatic rings. The van der Waals surface area contributed by atoms with Gasteiger partial charge >= 0.3 is 0 Å². The van der Waals surface area contributed by atoms with Gasteiger partial charge in [0.1, 0.15) is 0 Å². The van der Waals surface area contributed by atoms with E-state index in [9.17, 15) is 15.1 Å². The fraction of sp³-hybridized carbons (Fsp3) is 0.900. The minimum Gasteiger partial charge on any atom is -0.393 e. The molecular formula is C30H50N2O3. The van der Waals surface area contributed by atoms with Crippen LogP contribution in [0, 0.1) is 56.7 Å². The van der Waals surface area contributed by atoms with Crippen LogP contribution in [-0.4, -0.2) is 28.4 Å². The number of carbonyl (C=O) groups is 1. The maximum Gasteiger partial charge on any atom is 0.251 e. The van der Waals surface area contributed by atoms with Gasteiger partial charge in [-0.2, -0.15) is 0 Å². The molecule has 5 nitrogen and oxygen atoms in total. The third-order valence-electron chi connectivity index (χ3n) is 13.7. The van der Waals surface area contributed by atoms with Gasteiger partial charge in [0, 0.05) is 6.04 Å². The molecule has 0 spiro atoms. The van der Waals surface area contributed by atoms with E-state index >= 15 is 0 Å². The average Bonchev–Trinajstić information content (AvgIpc) is 3.19. The summed E-state index contributed by atoms with van der Waals surface area (Å²) in [5, 5.41) is 20.7. The molecule has 1 unspecified atom stereocenters. The van der Waals surface area contributed by atoms with Crippen molar-refractivity contribution in [1.82, 2.24) is 5.48 Å². The van der Waals surface area contributed by atoms with Crippen LogP contribution in [0.15, 0.2) is 12.2 Å². The summed E-state index contributed by atoms with van der Waals surface area (Å²) in [6, 6.07) is -0.268. The molecule has 198 valence electrons. The van der Waals surface area contributed by atoms with E-state index in [1.54, 1.807) is 0 Å². The molecule has 5 saturated carbocycles. The molecule has 0 radical (unpaired) electrons. The Kier molecular flexibility index (Phi) is 5.73. The molecule has 0 bridgehead atoms. The zero-order valence-electron chi connectivity index (χ0n) is 23.0. The molecular weight excluding hydrogens is 436 g/mol. The highest BCUT2D eigenvalue weighted by atomic mass is 16.5. The summed E-state index contributed by atoms with van der Waals surface area (Å²) >= 11 is 0. The summed E-state index contributed by atoms with van der Waals surface area (Å²) < 4.78 is 0. The quantitative estimate of drug-likeness (QED) is 0.237. The van der Waals surface area contributed by atoms with Gasteiger partial charge in [-0.15, -0.1) is 0 Å². The SMILES string of the molecule is C=C(C)[C@@H]1CC[C@]2(C(=O)NO)C(N)C[C@]3(C)[C@H](CC[C@@H]4[C@@]5(C)CC[C@H](O)C(C)(C)[C@@H]5CC[C@]43C)[C@@H]12. The maximum atomic E-state index is 13.3. The topological polar surface area (TPSA) is 95.6 Å². The predicted octanol–water partition coefficient (Wildman–Crippen LogP) is 5.45. The minimum atomic E-state index is -0.705. The molecule has 0 aromatic heterocycles. The lowest BCUT2D eigenvalue weighted by atomic mass is 9.32. The van der Waals surface area contributed by atoms with Crippen LogP contribution in [0.25, 0.3) is 0 Å². The Balaban J connectivity index is 1.60. The average molecular weight is 487 g/mol. The number of nitrogens with two attached hydrogens (primary N) is 1. The number of fused-ring (bicyclic) bond motifs is 7. The predicted molar refractivity (Wildman–Crippen MR) is 138 cm³/mol. The van der Waals surface area contributed by atoms with Crippen molar-refractivity contribution in [3.05, 3.63) is 12.2 Å². The van der Waals surface area contributed by atoms with Gasteiger partial charge in [0.15, 0.2) is 0 Å². The van der Waals surface area contributed by atoms with Crippen LogP contribution in [0.1, 0.15) is 99.3 Å². The normalized spacial score (nSPS) is 54.6. The van der Waals surface area contributed by atoms with Crippen LogP contribution in [0.4, 0.5) is 0 Å². The third-order valence-corrected chi connectivity index (χ3v) is 13.7. The van der Waals surface area contributed by atoms with Crippen molar-refractivity contribution in [3.63, 3.8) is 0 Å². The summed E-state index contributed by atoms with van der Waals surface area (Å²) in [5.74, 6) is 1.66. The van der Waals surface area contributed by atoms with Gasteiger partial charge in [-0.3, -0.25) is 10.0 Å². The zero-order valence-corrected chi connectivity index (χ0v) is 23.0. The molecule has 0 aromatic carbocycles. The molecule has 35 heavy (non-hydrogen) atoms. The first kappa shape index (κ1) is 25.7. The molecule has 0 saturated heterocycles. The second-order valence-electron chi connectivity index (χ2n) is 14.9. The monoisotopic (exact) mass is 486 g/mol. The van der Waals surface area contributed by atoms with Crippen molar-refractivity contribution < 1.29 is 15.1 Å². The number of allylic oxidation sites excluding steroid dienone is 1. The summed E-state index contributed by atoms with van der Waals surface area (Å²) in [6.45, 7) is 18.7. The number of carbonyl (C=O) groups excluding carboxylic acids is 1. The number of amides is 1. The molecule has 0 aliphatic heterocycles. The van der Waals surface area contributed by atoms with Gasteiger partial charge in [0.2, 0.25) is 0 Å². The summed E-state index contributed by atoms with van der Waals surface area (Å²) in [6.07, 6.45) is 8.90. The van der Waals surface area contributed by atoms with Crippen LogP contribution in [0.5, 0.6) is 0 Å². The lowest BCUT2D eigenvalue weighted by molar-refractivity contribution is -0.249. The number of hydrogen-bond donors (Lipinski definition) is 4. The standard InChI is InChI=1S/C30H50N2O3/c1-17(2)18-10-15-30(25(34)32-35)22(31)16-29(7)19(24(18)30)8-9-21-27(5)13-12-23(33)26(3,4)20(27)11-14-28(21,29)6/h18-24,33,35H,1,8-16,31H2,2-7H3,(H,32,34)/t18-,19+,20-,21+,22?,23-,24+,27-,28+,29+,30-/m0/s1. The molecule has 5 rings (SSSR count). The summed E-state index contributed by atoms with van der Waals surface area (Å²) in [4.78, 5) is 13.3. The first-order chi connectivity index (χ1) is 16.2. The number of rotatable bonds is 2. The van der Waals surface area contributed by atoms with E-state index < -0.39 is 5.41 Å². The third kappa shape index (κ3) is 2.95. The Morgan fingerprint density at radius 1 is 0.943 bits per heavy atom. The number of nitrogens with one attached hydrogen (secondary N) is 1. The van der Waals surface area contributed by atoms with E-state index in [0.717, 1.165) is 56.9 Å². The Bertz CT molecular complexity index is 917. The van der Waals surface area contributed by atoms with Gasteiger partial charge < -0.3 is 10.8 Å². The van der Waals surface area contributed by atoms with Crippen LogP contribution >= 0.6 is 0 Å². The van der Waals surface area contributed by atoms with Crippen molar-refractivity contribution in [2.75, 3.05) is 0 Å². The van der Waals surface area contributed by atoms with Crippen molar-refractivity contribution in [3.8, 4) is 0 Å². The highest BCUT2D eigenvalue weighted by Crippen LogP contribution is 2.77. The molecule has 5 fully saturated rings. The molecule has 11 atom stereocenters. The lowest BCUT2D eigenvalue weighted by Crippen LogP contribution is -2.71. The Hall–Kier alpha value is -0.910. The molecule has 5 heteroatoms. The number of aliphatic hydroxyl groups excluding tert-OH is 1. The lowest BCUT2D eigenvalue weighted by Gasteiger charge is -2.73. The molecule has 5 N–H and O–H groups in total. The highest BCUT2D eigenvalue weighted by molar-refractivity contribution is 5.83. The van der Waals surface area contributed by atoms with E-state index in [1.807, 2.05) is 5.48 Å². The second kappa shape index (κ2) is 7.80. The van der Waals surface area contributed by atoms with Crippen molar-refractivity contribution in [1.29, 1.82) is 0 Å². The highest BCUT2D eigenvalue weighted by Gasteiger charge is 2.73. The van der Waals surface area contributed by atoms with Gasteiger partial charge in [0.05, 0.1) is 11.5 Å². The number of hydrogen-bond acceptors (Lipinski definition) is 4. The Morgan fingerprint density at radius 2 is 1.63 bits per heavy atom. The molecule has 0 heterocycles. The fourth-order valence-electron chi connectivity index (χ4n) is 11.8. The minimum absolute atomic E-state index is 0.0332. The number of aliphatic hydroxyl groups is 1. The van der Waals surface area contributed by atoms with Crippen LogP contribution in [0.2, 0.25) is 0 Å². The largest absolute Gasteiger partial charge is 0.393 e. The summed E-state index contributed by atoms with van der Waals surface area (Å²) in [7, 11) is 0. The first-order valence-electron chi connectivity index (χ1n) is 14.3. The fourth-order valence-corrected chi connectivity index (χ4v) is 11.8. The zero-order chi connectivity index (χ0) is 25.8. The van der Waals surface area contributed by atoms with Gasteiger partial charge in [-0.1, -0.05) is 46.8 Å².